The van der Waals surface area contributed by atoms with E-state index in [0.29, 0.717) is 6.54 Å². The molecule has 0 aromatic carbocycles. The highest BCUT2D eigenvalue weighted by Gasteiger charge is 2.27. The van der Waals surface area contributed by atoms with E-state index in [1.165, 1.54) is 0 Å². The molecule has 7 heteroatoms. The van der Waals surface area contributed by atoms with E-state index >= 15 is 0 Å². The van der Waals surface area contributed by atoms with Crippen molar-refractivity contribution in [3.63, 3.8) is 0 Å². The molecule has 0 aliphatic heterocycles. The molecule has 0 radical (unpaired) electrons. The Morgan fingerprint density at radius 2 is 2.06 bits per heavy atom. The van der Waals surface area contributed by atoms with E-state index in [1.807, 2.05) is 10.8 Å². The van der Waals surface area contributed by atoms with E-state index in [9.17, 15) is 13.2 Å². The van der Waals surface area contributed by atoms with Crippen molar-refractivity contribution in [2.45, 2.75) is 24.9 Å². The third kappa shape index (κ3) is 8.09. The van der Waals surface area contributed by atoms with Gasteiger partial charge in [-0.2, -0.15) is 13.2 Å². The van der Waals surface area contributed by atoms with Gasteiger partial charge in [-0.3, -0.25) is 0 Å². The summed E-state index contributed by atoms with van der Waals surface area (Å²) in [6.07, 6.45) is 7.33. The van der Waals surface area contributed by atoms with Gasteiger partial charge in [0.1, 0.15) is 0 Å². The van der Waals surface area contributed by atoms with Crippen molar-refractivity contribution in [3.05, 3.63) is 18.7 Å². The first kappa shape index (κ1) is 14.4. The van der Waals surface area contributed by atoms with Gasteiger partial charge in [0.05, 0.1) is 6.33 Å². The number of hydrogen-bond acceptors (Lipinski definition) is 3. The Labute approximate surface area is 103 Å². The molecule has 0 atom stereocenters. The maximum absolute atomic E-state index is 11.8. The van der Waals surface area contributed by atoms with Crippen molar-refractivity contribution in [2.24, 2.45) is 0 Å². The molecular formula is C10H16F3N3S. The molecule has 1 aromatic heterocycles. The van der Waals surface area contributed by atoms with Crippen LogP contribution in [0.25, 0.3) is 0 Å². The fourth-order valence-electron chi connectivity index (χ4n) is 1.33. The van der Waals surface area contributed by atoms with Gasteiger partial charge in [0.15, 0.2) is 0 Å². The summed E-state index contributed by atoms with van der Waals surface area (Å²) in [4.78, 5) is 3.92. The molecule has 0 amide bonds. The highest BCUT2D eigenvalue weighted by molar-refractivity contribution is 8.00. The molecule has 98 valence electrons. The zero-order valence-corrected chi connectivity index (χ0v) is 10.2. The van der Waals surface area contributed by atoms with Gasteiger partial charge in [0, 0.05) is 31.2 Å². The van der Waals surface area contributed by atoms with E-state index in [1.54, 1.807) is 12.5 Å². The van der Waals surface area contributed by atoms with Gasteiger partial charge >= 0.3 is 5.51 Å². The zero-order valence-electron chi connectivity index (χ0n) is 9.41. The van der Waals surface area contributed by atoms with Crippen molar-refractivity contribution >= 4 is 11.8 Å². The predicted molar refractivity (Wildman–Crippen MR) is 62.8 cm³/mol. The lowest BCUT2D eigenvalue weighted by Gasteiger charge is -2.07. The van der Waals surface area contributed by atoms with Crippen molar-refractivity contribution in [3.8, 4) is 0 Å². The average Bonchev–Trinajstić information content (AvgIpc) is 2.73. The molecular weight excluding hydrogens is 251 g/mol. The van der Waals surface area contributed by atoms with Crippen LogP contribution in [0, 0.1) is 0 Å². The van der Waals surface area contributed by atoms with E-state index < -0.39 is 5.51 Å². The van der Waals surface area contributed by atoms with Crippen LogP contribution in [-0.4, -0.2) is 33.9 Å². The number of aryl methyl sites for hydroxylation is 1. The van der Waals surface area contributed by atoms with Gasteiger partial charge in [-0.1, -0.05) is 0 Å². The van der Waals surface area contributed by atoms with Crippen molar-refractivity contribution < 1.29 is 13.2 Å². The smallest absolute Gasteiger partial charge is 0.337 e. The van der Waals surface area contributed by atoms with E-state index in [-0.39, 0.29) is 17.5 Å². The maximum Gasteiger partial charge on any atom is 0.441 e. The Morgan fingerprint density at radius 3 is 2.71 bits per heavy atom. The molecule has 1 rings (SSSR count). The van der Waals surface area contributed by atoms with E-state index in [0.717, 1.165) is 25.9 Å². The Bertz CT molecular complexity index is 287. The number of nitrogens with one attached hydrogen (secondary N) is 1. The molecule has 3 nitrogen and oxygen atoms in total. The number of imidazole rings is 1. The van der Waals surface area contributed by atoms with Crippen LogP contribution < -0.4 is 5.32 Å². The Morgan fingerprint density at radius 1 is 1.24 bits per heavy atom. The third-order valence-electron chi connectivity index (χ3n) is 2.12. The zero-order chi connectivity index (χ0) is 12.6. The Kier molecular flexibility index (Phi) is 6.43. The SMILES string of the molecule is FC(F)(F)SCCNCCCCn1ccnc1. The fourth-order valence-corrected chi connectivity index (χ4v) is 1.81. The normalized spacial score (nSPS) is 11.9. The summed E-state index contributed by atoms with van der Waals surface area (Å²) in [6, 6.07) is 0. The molecule has 0 aliphatic rings. The second-order valence-electron chi connectivity index (χ2n) is 3.55. The molecule has 0 bridgehead atoms. The van der Waals surface area contributed by atoms with Crippen LogP contribution >= 0.6 is 11.8 Å². The van der Waals surface area contributed by atoms with Gasteiger partial charge in [-0.15, -0.1) is 0 Å². The van der Waals surface area contributed by atoms with Crippen LogP contribution in [0.2, 0.25) is 0 Å². The summed E-state index contributed by atoms with van der Waals surface area (Å²) < 4.78 is 37.3. The van der Waals surface area contributed by atoms with Crippen molar-refractivity contribution in [1.29, 1.82) is 0 Å². The summed E-state index contributed by atoms with van der Waals surface area (Å²) >= 11 is 0.0205. The van der Waals surface area contributed by atoms with Crippen LogP contribution in [0.1, 0.15) is 12.8 Å². The van der Waals surface area contributed by atoms with E-state index in [4.69, 9.17) is 0 Å². The first-order valence-electron chi connectivity index (χ1n) is 5.45. The molecule has 0 spiro atoms. The third-order valence-corrected chi connectivity index (χ3v) is 2.86. The molecule has 0 fully saturated rings. The van der Waals surface area contributed by atoms with Gasteiger partial charge in [-0.25, -0.2) is 4.98 Å². The molecule has 0 unspecified atom stereocenters. The molecule has 0 saturated heterocycles. The van der Waals surface area contributed by atoms with Crippen molar-refractivity contribution in [2.75, 3.05) is 18.8 Å². The summed E-state index contributed by atoms with van der Waals surface area (Å²) in [5.74, 6) is 0.0744. The van der Waals surface area contributed by atoms with Gasteiger partial charge in [0.25, 0.3) is 0 Å². The lowest BCUT2D eigenvalue weighted by atomic mass is 10.3. The summed E-state index contributed by atoms with van der Waals surface area (Å²) in [7, 11) is 0. The van der Waals surface area contributed by atoms with Gasteiger partial charge < -0.3 is 9.88 Å². The number of rotatable bonds is 8. The monoisotopic (exact) mass is 267 g/mol. The highest BCUT2D eigenvalue weighted by Crippen LogP contribution is 2.29. The van der Waals surface area contributed by atoms with Gasteiger partial charge in [-0.05, 0) is 31.1 Å². The van der Waals surface area contributed by atoms with Gasteiger partial charge in [0.2, 0.25) is 0 Å². The minimum atomic E-state index is -4.11. The second kappa shape index (κ2) is 7.60. The number of nitrogens with zero attached hydrogens (tertiary/aromatic N) is 2. The Balaban J connectivity index is 1.85. The number of alkyl halides is 3. The van der Waals surface area contributed by atoms with Crippen LogP contribution in [0.5, 0.6) is 0 Å². The Hall–Kier alpha value is -0.690. The lowest BCUT2D eigenvalue weighted by molar-refractivity contribution is -0.0327. The second-order valence-corrected chi connectivity index (χ2v) is 4.71. The molecule has 0 saturated carbocycles. The number of thioether (sulfide) groups is 1. The number of halogens is 3. The minimum absolute atomic E-state index is 0.0205. The standard InChI is InChI=1S/C10H16F3N3S/c11-10(12,13)17-8-5-14-3-1-2-6-16-7-4-15-9-16/h4,7,9,14H,1-3,5-6,8H2. The van der Waals surface area contributed by atoms with Crippen LogP contribution in [0.3, 0.4) is 0 Å². The average molecular weight is 267 g/mol. The number of unbranched alkanes of at least 4 members (excludes halogenated alkanes) is 1. The fraction of sp³-hybridized carbons (Fsp3) is 0.700. The summed E-state index contributed by atoms with van der Waals surface area (Å²) in [6.45, 7) is 2.06. The molecule has 1 heterocycles. The molecule has 17 heavy (non-hydrogen) atoms. The molecule has 0 aliphatic carbocycles. The highest BCUT2D eigenvalue weighted by atomic mass is 32.2. The number of aromatic nitrogens is 2. The van der Waals surface area contributed by atoms with Crippen LogP contribution in [0.15, 0.2) is 18.7 Å². The van der Waals surface area contributed by atoms with Crippen molar-refractivity contribution in [1.82, 2.24) is 14.9 Å². The first-order chi connectivity index (χ1) is 8.08. The number of hydrogen-bond donors (Lipinski definition) is 1. The molecule has 1 N–H and O–H groups in total. The topological polar surface area (TPSA) is 29.9 Å². The van der Waals surface area contributed by atoms with Crippen LogP contribution in [-0.2, 0) is 6.54 Å². The quantitative estimate of drug-likeness (QED) is 0.734. The summed E-state index contributed by atoms with van der Waals surface area (Å²) in [5, 5.41) is 2.99. The summed E-state index contributed by atoms with van der Waals surface area (Å²) in [5.41, 5.74) is -4.11. The maximum atomic E-state index is 11.8. The van der Waals surface area contributed by atoms with E-state index in [2.05, 4.69) is 10.3 Å². The first-order valence-corrected chi connectivity index (χ1v) is 6.43. The van der Waals surface area contributed by atoms with Crippen LogP contribution in [0.4, 0.5) is 13.2 Å². The predicted octanol–water partition coefficient (Wildman–Crippen LogP) is 2.51. The molecule has 1 aromatic rings. The lowest BCUT2D eigenvalue weighted by Crippen LogP contribution is -2.20. The minimum Gasteiger partial charge on any atom is -0.337 e. The largest absolute Gasteiger partial charge is 0.441 e.